The Hall–Kier alpha value is -0.0800. The molecule has 1 N–H and O–H groups in total. The maximum atomic E-state index is 5.53. The molecule has 0 aromatic carbocycles. The molecule has 1 aliphatic rings. The highest BCUT2D eigenvalue weighted by Crippen LogP contribution is 2.16. The van der Waals surface area contributed by atoms with Crippen LogP contribution in [0.25, 0.3) is 0 Å². The molecule has 1 aliphatic heterocycles. The van der Waals surface area contributed by atoms with Crippen molar-refractivity contribution in [3.05, 3.63) is 0 Å². The summed E-state index contributed by atoms with van der Waals surface area (Å²) in [5.74, 6) is 1.56. The molecule has 0 bridgehead atoms. The Morgan fingerprint density at radius 3 is 2.19 bits per heavy atom. The predicted octanol–water partition coefficient (Wildman–Crippen LogP) is 3.22. The van der Waals surface area contributed by atoms with Crippen molar-refractivity contribution in [2.45, 2.75) is 65.5 Å². The molecule has 1 saturated heterocycles. The summed E-state index contributed by atoms with van der Waals surface area (Å²) in [5.41, 5.74) is 0. The summed E-state index contributed by atoms with van der Waals surface area (Å²) in [7, 11) is 0. The third-order valence-electron chi connectivity index (χ3n) is 3.14. The van der Waals surface area contributed by atoms with Crippen molar-refractivity contribution in [2.75, 3.05) is 13.2 Å². The van der Waals surface area contributed by atoms with E-state index in [4.69, 9.17) is 4.74 Å². The number of hydrogen-bond acceptors (Lipinski definition) is 2. The average Bonchev–Trinajstić information content (AvgIpc) is 2.16. The molecule has 96 valence electrons. The van der Waals surface area contributed by atoms with Gasteiger partial charge in [0.15, 0.2) is 0 Å². The van der Waals surface area contributed by atoms with Crippen LogP contribution < -0.4 is 5.32 Å². The Balaban J connectivity index is 2.35. The van der Waals surface area contributed by atoms with Crippen LogP contribution in [0.4, 0.5) is 0 Å². The normalized spacial score (nSPS) is 22.3. The highest BCUT2D eigenvalue weighted by atomic mass is 16.5. The third kappa shape index (κ3) is 5.86. The van der Waals surface area contributed by atoms with E-state index in [1.54, 1.807) is 0 Å². The number of nitrogens with one attached hydrogen (secondary N) is 1. The molecule has 0 amide bonds. The minimum Gasteiger partial charge on any atom is -0.380 e. The van der Waals surface area contributed by atoms with Crippen molar-refractivity contribution in [2.24, 2.45) is 11.8 Å². The van der Waals surface area contributed by atoms with E-state index < -0.39 is 0 Å². The van der Waals surface area contributed by atoms with Gasteiger partial charge in [0.1, 0.15) is 0 Å². The molecule has 1 fully saturated rings. The first-order valence-corrected chi connectivity index (χ1v) is 6.91. The zero-order valence-electron chi connectivity index (χ0n) is 11.5. The first kappa shape index (κ1) is 14.0. The van der Waals surface area contributed by atoms with Gasteiger partial charge in [-0.25, -0.2) is 0 Å². The van der Waals surface area contributed by atoms with E-state index in [1.807, 2.05) is 0 Å². The lowest BCUT2D eigenvalue weighted by Gasteiger charge is -2.30. The molecule has 1 rings (SSSR count). The molecule has 0 radical (unpaired) electrons. The fourth-order valence-electron chi connectivity index (χ4n) is 2.58. The Bertz CT molecular complexity index is 164. The van der Waals surface area contributed by atoms with Gasteiger partial charge in [0.25, 0.3) is 0 Å². The molecule has 1 unspecified atom stereocenters. The standard InChI is InChI=1S/C14H29NO/c1-11(2)8-14(9-12(3)4)15-13-6-5-7-16-10-13/h11-15H,5-10H2,1-4H3. The van der Waals surface area contributed by atoms with Gasteiger partial charge in [0.2, 0.25) is 0 Å². The molecule has 1 atom stereocenters. The van der Waals surface area contributed by atoms with Gasteiger partial charge in [-0.3, -0.25) is 0 Å². The Labute approximate surface area is 101 Å². The van der Waals surface area contributed by atoms with Crippen molar-refractivity contribution >= 4 is 0 Å². The van der Waals surface area contributed by atoms with Gasteiger partial charge in [-0.1, -0.05) is 27.7 Å². The van der Waals surface area contributed by atoms with E-state index in [0.29, 0.717) is 12.1 Å². The van der Waals surface area contributed by atoms with E-state index in [2.05, 4.69) is 33.0 Å². The summed E-state index contributed by atoms with van der Waals surface area (Å²) in [4.78, 5) is 0. The second-order valence-electron chi connectivity index (χ2n) is 6.04. The first-order chi connectivity index (χ1) is 7.58. The van der Waals surface area contributed by atoms with Crippen molar-refractivity contribution in [3.63, 3.8) is 0 Å². The summed E-state index contributed by atoms with van der Waals surface area (Å²) in [6, 6.07) is 1.27. The second-order valence-corrected chi connectivity index (χ2v) is 6.04. The van der Waals surface area contributed by atoms with E-state index in [-0.39, 0.29) is 0 Å². The van der Waals surface area contributed by atoms with Crippen molar-refractivity contribution in [1.82, 2.24) is 5.32 Å². The van der Waals surface area contributed by atoms with Crippen LogP contribution in [0.1, 0.15) is 53.4 Å². The lowest BCUT2D eigenvalue weighted by Crippen LogP contribution is -2.44. The summed E-state index contributed by atoms with van der Waals surface area (Å²) in [5, 5.41) is 3.79. The molecule has 0 aromatic rings. The van der Waals surface area contributed by atoms with Crippen molar-refractivity contribution in [3.8, 4) is 0 Å². The van der Waals surface area contributed by atoms with Crippen LogP contribution in [-0.2, 0) is 4.74 Å². The summed E-state index contributed by atoms with van der Waals surface area (Å²) < 4.78 is 5.53. The maximum absolute atomic E-state index is 5.53. The molecule has 0 aromatic heterocycles. The first-order valence-electron chi connectivity index (χ1n) is 6.91. The van der Waals surface area contributed by atoms with Gasteiger partial charge in [-0.05, 0) is 37.5 Å². The zero-order chi connectivity index (χ0) is 12.0. The maximum Gasteiger partial charge on any atom is 0.0619 e. The topological polar surface area (TPSA) is 21.3 Å². The van der Waals surface area contributed by atoms with Gasteiger partial charge in [-0.15, -0.1) is 0 Å². The summed E-state index contributed by atoms with van der Waals surface area (Å²) >= 11 is 0. The van der Waals surface area contributed by atoms with Crippen LogP contribution >= 0.6 is 0 Å². The lowest BCUT2D eigenvalue weighted by molar-refractivity contribution is 0.0640. The number of hydrogen-bond donors (Lipinski definition) is 1. The smallest absolute Gasteiger partial charge is 0.0619 e. The fraction of sp³-hybridized carbons (Fsp3) is 1.00. The molecule has 2 heteroatoms. The van der Waals surface area contributed by atoms with Crippen LogP contribution in [0.5, 0.6) is 0 Å². The minimum atomic E-state index is 0.594. The second kappa shape index (κ2) is 7.29. The van der Waals surface area contributed by atoms with Crippen LogP contribution in [0.3, 0.4) is 0 Å². The number of ether oxygens (including phenoxy) is 1. The SMILES string of the molecule is CC(C)CC(CC(C)C)NC1CCCOC1. The van der Waals surface area contributed by atoms with Crippen LogP contribution in [0.15, 0.2) is 0 Å². The average molecular weight is 227 g/mol. The van der Waals surface area contributed by atoms with Gasteiger partial charge >= 0.3 is 0 Å². The van der Waals surface area contributed by atoms with Crippen LogP contribution in [0, 0.1) is 11.8 Å². The molecular formula is C14H29NO. The van der Waals surface area contributed by atoms with Gasteiger partial charge in [0.05, 0.1) is 6.61 Å². The third-order valence-corrected chi connectivity index (χ3v) is 3.14. The molecule has 1 heterocycles. The van der Waals surface area contributed by atoms with Crippen LogP contribution in [0.2, 0.25) is 0 Å². The van der Waals surface area contributed by atoms with Crippen LogP contribution in [-0.4, -0.2) is 25.3 Å². The lowest BCUT2D eigenvalue weighted by atomic mass is 9.94. The molecule has 0 aliphatic carbocycles. The summed E-state index contributed by atoms with van der Waals surface area (Å²) in [6.07, 6.45) is 5.07. The number of rotatable bonds is 6. The fourth-order valence-corrected chi connectivity index (χ4v) is 2.58. The zero-order valence-corrected chi connectivity index (χ0v) is 11.5. The van der Waals surface area contributed by atoms with Crippen molar-refractivity contribution < 1.29 is 4.74 Å². The molecule has 0 spiro atoms. The van der Waals surface area contributed by atoms with E-state index in [0.717, 1.165) is 25.0 Å². The van der Waals surface area contributed by atoms with Gasteiger partial charge in [-0.2, -0.15) is 0 Å². The highest BCUT2D eigenvalue weighted by molar-refractivity contribution is 4.78. The molecule has 2 nitrogen and oxygen atoms in total. The van der Waals surface area contributed by atoms with E-state index >= 15 is 0 Å². The predicted molar refractivity (Wildman–Crippen MR) is 69.7 cm³/mol. The highest BCUT2D eigenvalue weighted by Gasteiger charge is 2.19. The van der Waals surface area contributed by atoms with Crippen molar-refractivity contribution in [1.29, 1.82) is 0 Å². The van der Waals surface area contributed by atoms with Gasteiger partial charge < -0.3 is 10.1 Å². The Kier molecular flexibility index (Phi) is 6.37. The quantitative estimate of drug-likeness (QED) is 0.752. The molecule has 16 heavy (non-hydrogen) atoms. The monoisotopic (exact) mass is 227 g/mol. The van der Waals surface area contributed by atoms with Gasteiger partial charge in [0, 0.05) is 18.7 Å². The largest absolute Gasteiger partial charge is 0.380 e. The van der Waals surface area contributed by atoms with E-state index in [1.165, 1.54) is 25.7 Å². The Morgan fingerprint density at radius 1 is 1.12 bits per heavy atom. The molecule has 0 saturated carbocycles. The Morgan fingerprint density at radius 2 is 1.75 bits per heavy atom. The van der Waals surface area contributed by atoms with E-state index in [9.17, 15) is 0 Å². The molecular weight excluding hydrogens is 198 g/mol. The summed E-state index contributed by atoms with van der Waals surface area (Å²) in [6.45, 7) is 11.1. The minimum absolute atomic E-state index is 0.594.